The highest BCUT2D eigenvalue weighted by atomic mass is 16.1. The first-order chi connectivity index (χ1) is 9.17. The zero-order valence-corrected chi connectivity index (χ0v) is 13.2. The molecule has 3 N–H and O–H groups in total. The van der Waals surface area contributed by atoms with Crippen LogP contribution < -0.4 is 16.0 Å². The van der Waals surface area contributed by atoms with Gasteiger partial charge in [-0.2, -0.15) is 0 Å². The van der Waals surface area contributed by atoms with E-state index in [0.717, 1.165) is 17.8 Å². The average molecular weight is 277 g/mol. The Kier molecular flexibility index (Phi) is 5.57. The zero-order valence-electron chi connectivity index (χ0n) is 13.2. The van der Waals surface area contributed by atoms with Gasteiger partial charge in [0.2, 0.25) is 5.91 Å². The summed E-state index contributed by atoms with van der Waals surface area (Å²) in [6, 6.07) is 7.66. The van der Waals surface area contributed by atoms with Crippen LogP contribution in [-0.2, 0) is 4.79 Å². The molecule has 1 rings (SSSR count). The van der Waals surface area contributed by atoms with Crippen LogP contribution in [-0.4, -0.2) is 26.0 Å². The monoisotopic (exact) mass is 277 g/mol. The van der Waals surface area contributed by atoms with Crippen molar-refractivity contribution in [2.45, 2.75) is 39.7 Å². The Morgan fingerprint density at radius 1 is 1.25 bits per heavy atom. The summed E-state index contributed by atoms with van der Waals surface area (Å²) in [5.41, 5.74) is 8.07. The third-order valence-electron chi connectivity index (χ3n) is 2.99. The predicted octanol–water partition coefficient (Wildman–Crippen LogP) is 2.84. The number of benzene rings is 1. The molecule has 4 heteroatoms. The molecule has 0 aliphatic carbocycles. The summed E-state index contributed by atoms with van der Waals surface area (Å²) >= 11 is 0. The molecule has 0 aromatic heterocycles. The van der Waals surface area contributed by atoms with Crippen LogP contribution in [0.3, 0.4) is 0 Å². The summed E-state index contributed by atoms with van der Waals surface area (Å²) in [7, 11) is 3.97. The van der Waals surface area contributed by atoms with Gasteiger partial charge >= 0.3 is 0 Å². The Labute approximate surface area is 122 Å². The van der Waals surface area contributed by atoms with E-state index in [1.807, 2.05) is 43.3 Å². The van der Waals surface area contributed by atoms with Gasteiger partial charge in [-0.1, -0.05) is 20.8 Å². The zero-order chi connectivity index (χ0) is 15.3. The third-order valence-corrected chi connectivity index (χ3v) is 2.99. The van der Waals surface area contributed by atoms with Gasteiger partial charge in [-0.15, -0.1) is 0 Å². The summed E-state index contributed by atoms with van der Waals surface area (Å²) in [6.45, 7) is 6.39. The number of hydrogen-bond donors (Lipinski definition) is 2. The van der Waals surface area contributed by atoms with Gasteiger partial charge in [-0.25, -0.2) is 0 Å². The van der Waals surface area contributed by atoms with Gasteiger partial charge in [0.25, 0.3) is 0 Å². The van der Waals surface area contributed by atoms with Crippen LogP contribution >= 0.6 is 0 Å². The van der Waals surface area contributed by atoms with Crippen molar-refractivity contribution in [3.8, 4) is 0 Å². The van der Waals surface area contributed by atoms with E-state index in [2.05, 4.69) is 26.1 Å². The van der Waals surface area contributed by atoms with E-state index in [1.54, 1.807) is 0 Å². The van der Waals surface area contributed by atoms with Crippen LogP contribution in [0.5, 0.6) is 0 Å². The van der Waals surface area contributed by atoms with Crippen molar-refractivity contribution in [1.82, 2.24) is 0 Å². The van der Waals surface area contributed by atoms with Crippen LogP contribution in [0.25, 0.3) is 0 Å². The number of nitrogens with zero attached hydrogens (tertiary/aromatic N) is 1. The van der Waals surface area contributed by atoms with Crippen molar-refractivity contribution in [3.05, 3.63) is 24.3 Å². The Morgan fingerprint density at radius 3 is 2.25 bits per heavy atom. The van der Waals surface area contributed by atoms with E-state index >= 15 is 0 Å². The molecular weight excluding hydrogens is 250 g/mol. The van der Waals surface area contributed by atoms with Crippen LogP contribution in [0.4, 0.5) is 11.4 Å². The Bertz CT molecular complexity index is 432. The van der Waals surface area contributed by atoms with Crippen molar-refractivity contribution >= 4 is 17.3 Å². The number of nitrogens with one attached hydrogen (secondary N) is 1. The molecule has 0 heterocycles. The molecule has 4 nitrogen and oxygen atoms in total. The number of carbonyl (C=O) groups excluding carboxylic acids is 1. The minimum absolute atomic E-state index is 0.0284. The fraction of sp³-hybridized carbons (Fsp3) is 0.562. The van der Waals surface area contributed by atoms with Crippen molar-refractivity contribution in [2.75, 3.05) is 24.3 Å². The molecule has 1 atom stereocenters. The second-order valence-electron chi connectivity index (χ2n) is 6.72. The Hall–Kier alpha value is -1.55. The molecule has 1 amide bonds. The first-order valence-electron chi connectivity index (χ1n) is 7.00. The molecule has 1 aromatic carbocycles. The van der Waals surface area contributed by atoms with Crippen molar-refractivity contribution < 1.29 is 4.79 Å². The summed E-state index contributed by atoms with van der Waals surface area (Å²) < 4.78 is 0. The van der Waals surface area contributed by atoms with Gasteiger partial charge in [0, 0.05) is 37.9 Å². The smallest absolute Gasteiger partial charge is 0.225 e. The average Bonchev–Trinajstić information content (AvgIpc) is 2.26. The number of rotatable bonds is 5. The lowest BCUT2D eigenvalue weighted by Crippen LogP contribution is -2.31. The van der Waals surface area contributed by atoms with Gasteiger partial charge in [-0.05, 0) is 36.1 Å². The predicted molar refractivity (Wildman–Crippen MR) is 86.1 cm³/mol. The molecule has 1 unspecified atom stereocenters. The summed E-state index contributed by atoms with van der Waals surface area (Å²) in [5, 5.41) is 2.89. The number of anilines is 2. The molecule has 20 heavy (non-hydrogen) atoms. The molecular formula is C16H27N3O. The van der Waals surface area contributed by atoms with Gasteiger partial charge < -0.3 is 16.0 Å². The largest absolute Gasteiger partial charge is 0.378 e. The molecule has 1 aromatic rings. The van der Waals surface area contributed by atoms with E-state index in [1.165, 1.54) is 0 Å². The van der Waals surface area contributed by atoms with Crippen molar-refractivity contribution in [3.63, 3.8) is 0 Å². The molecule has 0 fully saturated rings. The SMILES string of the molecule is CN(C)c1ccc(NC(=O)CC(N)CC(C)(C)C)cc1. The van der Waals surface area contributed by atoms with Crippen LogP contribution in [0.15, 0.2) is 24.3 Å². The molecule has 0 bridgehead atoms. The maximum Gasteiger partial charge on any atom is 0.225 e. The molecule has 0 spiro atoms. The Balaban J connectivity index is 2.50. The van der Waals surface area contributed by atoms with Crippen molar-refractivity contribution in [1.29, 1.82) is 0 Å². The first kappa shape index (κ1) is 16.5. The maximum atomic E-state index is 11.9. The number of nitrogens with two attached hydrogens (primary N) is 1. The van der Waals surface area contributed by atoms with Crippen molar-refractivity contribution in [2.24, 2.45) is 11.1 Å². The minimum Gasteiger partial charge on any atom is -0.378 e. The van der Waals surface area contributed by atoms with Gasteiger partial charge in [0.05, 0.1) is 0 Å². The highest BCUT2D eigenvalue weighted by Gasteiger charge is 2.18. The van der Waals surface area contributed by atoms with Gasteiger partial charge in [0.15, 0.2) is 0 Å². The van der Waals surface area contributed by atoms with E-state index in [9.17, 15) is 4.79 Å². The second kappa shape index (κ2) is 6.75. The lowest BCUT2D eigenvalue weighted by Gasteiger charge is -2.22. The number of amides is 1. The van der Waals surface area contributed by atoms with E-state index < -0.39 is 0 Å². The second-order valence-corrected chi connectivity index (χ2v) is 6.72. The van der Waals surface area contributed by atoms with Gasteiger partial charge in [0.1, 0.15) is 0 Å². The molecule has 0 radical (unpaired) electrons. The highest BCUT2D eigenvalue weighted by Crippen LogP contribution is 2.21. The number of hydrogen-bond acceptors (Lipinski definition) is 3. The molecule has 0 saturated heterocycles. The fourth-order valence-corrected chi connectivity index (χ4v) is 2.15. The van der Waals surface area contributed by atoms with Crippen LogP contribution in [0.1, 0.15) is 33.6 Å². The normalized spacial score (nSPS) is 12.9. The summed E-state index contributed by atoms with van der Waals surface area (Å²) in [4.78, 5) is 13.9. The standard InChI is InChI=1S/C16H27N3O/c1-16(2,3)11-12(17)10-15(20)18-13-6-8-14(9-7-13)19(4)5/h6-9,12H,10-11,17H2,1-5H3,(H,18,20). The molecule has 112 valence electrons. The molecule has 0 aliphatic rings. The van der Waals surface area contributed by atoms with E-state index in [0.29, 0.717) is 6.42 Å². The molecule has 0 aliphatic heterocycles. The van der Waals surface area contributed by atoms with E-state index in [4.69, 9.17) is 5.73 Å². The first-order valence-corrected chi connectivity index (χ1v) is 7.00. The van der Waals surface area contributed by atoms with Gasteiger partial charge in [-0.3, -0.25) is 4.79 Å². The summed E-state index contributed by atoms with van der Waals surface area (Å²) in [5.74, 6) is -0.0284. The lowest BCUT2D eigenvalue weighted by atomic mass is 9.87. The number of carbonyl (C=O) groups is 1. The third kappa shape index (κ3) is 6.06. The van der Waals surface area contributed by atoms with Crippen LogP contribution in [0, 0.1) is 5.41 Å². The summed E-state index contributed by atoms with van der Waals surface area (Å²) in [6.07, 6.45) is 1.19. The van der Waals surface area contributed by atoms with Crippen LogP contribution in [0.2, 0.25) is 0 Å². The quantitative estimate of drug-likeness (QED) is 0.870. The maximum absolute atomic E-state index is 11.9. The lowest BCUT2D eigenvalue weighted by molar-refractivity contribution is -0.116. The topological polar surface area (TPSA) is 58.4 Å². The molecule has 0 saturated carbocycles. The van der Waals surface area contributed by atoms with E-state index in [-0.39, 0.29) is 17.4 Å². The fourth-order valence-electron chi connectivity index (χ4n) is 2.15. The minimum atomic E-state index is -0.101. The Morgan fingerprint density at radius 2 is 1.80 bits per heavy atom. The highest BCUT2D eigenvalue weighted by molar-refractivity contribution is 5.91.